The van der Waals surface area contributed by atoms with Crippen LogP contribution in [0.3, 0.4) is 0 Å². The molecule has 0 saturated carbocycles. The Balaban J connectivity index is 1.72. The van der Waals surface area contributed by atoms with Gasteiger partial charge in [-0.15, -0.1) is 10.2 Å². The minimum Gasteiger partial charge on any atom is -0.341 e. The number of carbonyl (C=O) groups is 1. The second kappa shape index (κ2) is 8.91. The maximum Gasteiger partial charge on any atom is 0.233 e. The first-order valence-corrected chi connectivity index (χ1v) is 10.9. The molecular weight excluding hydrogens is 356 g/mol. The first kappa shape index (κ1) is 19.9. The molecule has 0 spiro atoms. The van der Waals surface area contributed by atoms with Crippen LogP contribution >= 0.6 is 11.8 Å². The van der Waals surface area contributed by atoms with Crippen LogP contribution in [-0.2, 0) is 11.3 Å². The molecule has 1 aromatic carbocycles. The van der Waals surface area contributed by atoms with E-state index < -0.39 is 0 Å². The minimum atomic E-state index is 0.210. The van der Waals surface area contributed by atoms with E-state index in [0.29, 0.717) is 17.6 Å². The van der Waals surface area contributed by atoms with Crippen LogP contribution in [-0.4, -0.2) is 44.4 Å². The normalized spacial score (nSPS) is 20.1. The third-order valence-corrected chi connectivity index (χ3v) is 5.94. The number of hydrogen-bond donors (Lipinski definition) is 0. The summed E-state index contributed by atoms with van der Waals surface area (Å²) < 4.78 is 2.15. The number of hydrogen-bond acceptors (Lipinski definition) is 4. The largest absolute Gasteiger partial charge is 0.341 e. The summed E-state index contributed by atoms with van der Waals surface area (Å²) in [6, 6.07) is 8.33. The predicted octanol–water partition coefficient (Wildman–Crippen LogP) is 4.26. The van der Waals surface area contributed by atoms with Gasteiger partial charge in [-0.25, -0.2) is 0 Å². The molecule has 2 atom stereocenters. The van der Waals surface area contributed by atoms with E-state index in [1.54, 1.807) is 0 Å². The standard InChI is InChI=1S/C21H30N4OS/c1-5-9-25-20(18-8-6-7-15(2)11-18)22-23-21(25)27-14-19(26)24-12-16(3)10-17(4)13-24/h6-8,11,16-17H,5,9-10,12-14H2,1-4H3. The maximum atomic E-state index is 12.7. The van der Waals surface area contributed by atoms with Gasteiger partial charge in [-0.1, -0.05) is 56.3 Å². The van der Waals surface area contributed by atoms with Gasteiger partial charge in [-0.3, -0.25) is 4.79 Å². The van der Waals surface area contributed by atoms with Gasteiger partial charge in [0.2, 0.25) is 5.91 Å². The fraction of sp³-hybridized carbons (Fsp3) is 0.571. The quantitative estimate of drug-likeness (QED) is 0.696. The second-order valence-corrected chi connectivity index (χ2v) is 8.80. The van der Waals surface area contributed by atoms with Crippen molar-refractivity contribution in [2.24, 2.45) is 11.8 Å². The monoisotopic (exact) mass is 386 g/mol. The molecule has 1 aliphatic rings. The number of carbonyl (C=O) groups excluding carboxylic acids is 1. The molecule has 1 saturated heterocycles. The van der Waals surface area contributed by atoms with Crippen LogP contribution in [0.2, 0.25) is 0 Å². The van der Waals surface area contributed by atoms with E-state index in [1.165, 1.54) is 23.7 Å². The fourth-order valence-corrected chi connectivity index (χ4v) is 4.77. The van der Waals surface area contributed by atoms with E-state index in [-0.39, 0.29) is 5.91 Å². The van der Waals surface area contributed by atoms with Gasteiger partial charge >= 0.3 is 0 Å². The molecule has 0 aliphatic carbocycles. The van der Waals surface area contributed by atoms with Gasteiger partial charge in [0.25, 0.3) is 0 Å². The molecule has 146 valence electrons. The average Bonchev–Trinajstić information content (AvgIpc) is 3.02. The molecule has 2 unspecified atom stereocenters. The van der Waals surface area contributed by atoms with Crippen LogP contribution in [0.15, 0.2) is 29.4 Å². The Morgan fingerprint density at radius 2 is 1.96 bits per heavy atom. The van der Waals surface area contributed by atoms with Crippen LogP contribution in [0.1, 0.15) is 39.2 Å². The maximum absolute atomic E-state index is 12.7. The molecule has 2 heterocycles. The number of benzene rings is 1. The molecule has 1 fully saturated rings. The highest BCUT2D eigenvalue weighted by Crippen LogP contribution is 2.26. The fourth-order valence-electron chi connectivity index (χ4n) is 3.90. The van der Waals surface area contributed by atoms with Crippen molar-refractivity contribution in [1.29, 1.82) is 0 Å². The number of aromatic nitrogens is 3. The van der Waals surface area contributed by atoms with Gasteiger partial charge in [0, 0.05) is 25.2 Å². The number of amides is 1. The van der Waals surface area contributed by atoms with Crippen molar-refractivity contribution in [3.05, 3.63) is 29.8 Å². The van der Waals surface area contributed by atoms with Gasteiger partial charge in [-0.2, -0.15) is 0 Å². The third-order valence-electron chi connectivity index (χ3n) is 4.99. The van der Waals surface area contributed by atoms with Crippen LogP contribution in [0.25, 0.3) is 11.4 Å². The van der Waals surface area contributed by atoms with E-state index in [4.69, 9.17) is 0 Å². The number of aryl methyl sites for hydroxylation is 1. The molecule has 3 rings (SSSR count). The van der Waals surface area contributed by atoms with Gasteiger partial charge < -0.3 is 9.47 Å². The lowest BCUT2D eigenvalue weighted by Gasteiger charge is -2.34. The number of likely N-dealkylation sites (tertiary alicyclic amines) is 1. The van der Waals surface area contributed by atoms with Crippen LogP contribution in [0, 0.1) is 18.8 Å². The van der Waals surface area contributed by atoms with Crippen molar-refractivity contribution in [3.8, 4) is 11.4 Å². The Labute approximate surface area is 166 Å². The lowest BCUT2D eigenvalue weighted by Crippen LogP contribution is -2.43. The highest BCUT2D eigenvalue weighted by atomic mass is 32.2. The number of thioether (sulfide) groups is 1. The summed E-state index contributed by atoms with van der Waals surface area (Å²) in [4.78, 5) is 14.7. The van der Waals surface area contributed by atoms with Gasteiger partial charge in [0.1, 0.15) is 0 Å². The van der Waals surface area contributed by atoms with Crippen LogP contribution < -0.4 is 0 Å². The van der Waals surface area contributed by atoms with E-state index in [2.05, 4.69) is 60.7 Å². The summed E-state index contributed by atoms with van der Waals surface area (Å²) in [5.41, 5.74) is 2.28. The summed E-state index contributed by atoms with van der Waals surface area (Å²) in [6.45, 7) is 11.3. The van der Waals surface area contributed by atoms with Crippen molar-refractivity contribution in [2.75, 3.05) is 18.8 Å². The highest BCUT2D eigenvalue weighted by molar-refractivity contribution is 7.99. The first-order valence-electron chi connectivity index (χ1n) is 9.88. The van der Waals surface area contributed by atoms with E-state index >= 15 is 0 Å². The molecule has 1 aromatic heterocycles. The Bertz CT molecular complexity index is 778. The molecule has 1 amide bonds. The highest BCUT2D eigenvalue weighted by Gasteiger charge is 2.26. The first-order chi connectivity index (χ1) is 13.0. The summed E-state index contributed by atoms with van der Waals surface area (Å²) in [7, 11) is 0. The van der Waals surface area contributed by atoms with Gasteiger partial charge in [0.05, 0.1) is 5.75 Å². The summed E-state index contributed by atoms with van der Waals surface area (Å²) in [6.07, 6.45) is 2.21. The number of nitrogens with zero attached hydrogens (tertiary/aromatic N) is 4. The van der Waals surface area contributed by atoms with Crippen molar-refractivity contribution in [1.82, 2.24) is 19.7 Å². The van der Waals surface area contributed by atoms with Gasteiger partial charge in [-0.05, 0) is 37.7 Å². The smallest absolute Gasteiger partial charge is 0.233 e. The van der Waals surface area contributed by atoms with E-state index in [0.717, 1.165) is 42.6 Å². The summed E-state index contributed by atoms with van der Waals surface area (Å²) in [5.74, 6) is 2.69. The molecule has 0 bridgehead atoms. The van der Waals surface area contributed by atoms with Crippen LogP contribution in [0.4, 0.5) is 0 Å². The van der Waals surface area contributed by atoms with Crippen molar-refractivity contribution in [2.45, 2.75) is 52.2 Å². The lowest BCUT2D eigenvalue weighted by atomic mass is 9.92. The molecule has 27 heavy (non-hydrogen) atoms. The van der Waals surface area contributed by atoms with Crippen LogP contribution in [0.5, 0.6) is 0 Å². The zero-order valence-corrected chi connectivity index (χ0v) is 17.6. The minimum absolute atomic E-state index is 0.210. The summed E-state index contributed by atoms with van der Waals surface area (Å²) >= 11 is 1.51. The van der Waals surface area contributed by atoms with Crippen molar-refractivity contribution >= 4 is 17.7 Å². The van der Waals surface area contributed by atoms with Crippen molar-refractivity contribution < 1.29 is 4.79 Å². The van der Waals surface area contributed by atoms with E-state index in [9.17, 15) is 4.79 Å². The Morgan fingerprint density at radius 1 is 1.22 bits per heavy atom. The molecule has 2 aromatic rings. The van der Waals surface area contributed by atoms with E-state index in [1.807, 2.05) is 11.0 Å². The average molecular weight is 387 g/mol. The topological polar surface area (TPSA) is 51.0 Å². The number of rotatable bonds is 6. The molecule has 5 nitrogen and oxygen atoms in total. The second-order valence-electron chi connectivity index (χ2n) is 7.86. The number of piperidine rings is 1. The summed E-state index contributed by atoms with van der Waals surface area (Å²) in [5, 5.41) is 9.65. The Hall–Kier alpha value is -1.82. The zero-order chi connectivity index (χ0) is 19.4. The third kappa shape index (κ3) is 4.92. The SMILES string of the molecule is CCCn1c(SCC(=O)N2CC(C)CC(C)C2)nnc1-c1cccc(C)c1. The molecule has 0 N–H and O–H groups in total. The van der Waals surface area contributed by atoms with Gasteiger partial charge in [0.15, 0.2) is 11.0 Å². The zero-order valence-electron chi connectivity index (χ0n) is 16.8. The Kier molecular flexibility index (Phi) is 6.58. The molecule has 1 aliphatic heterocycles. The van der Waals surface area contributed by atoms with Crippen molar-refractivity contribution in [3.63, 3.8) is 0 Å². The predicted molar refractivity (Wildman–Crippen MR) is 111 cm³/mol. The lowest BCUT2D eigenvalue weighted by molar-refractivity contribution is -0.130. The molecule has 0 radical (unpaired) electrons. The molecule has 6 heteroatoms. The molecular formula is C21H30N4OS. The Morgan fingerprint density at radius 3 is 2.63 bits per heavy atom.